The Morgan fingerprint density at radius 1 is 1.07 bits per heavy atom. The third kappa shape index (κ3) is 4.20. The smallest absolute Gasteiger partial charge is 0.322 e. The van der Waals surface area contributed by atoms with Crippen molar-refractivity contribution in [3.8, 4) is 17.0 Å². The Balaban J connectivity index is 1.33. The summed E-state index contributed by atoms with van der Waals surface area (Å²) in [6, 6.07) is 11.7. The van der Waals surface area contributed by atoms with E-state index in [1.807, 2.05) is 6.07 Å². The van der Waals surface area contributed by atoms with Crippen LogP contribution in [0.4, 0.5) is 19.4 Å². The molecule has 0 radical (unpaired) electrons. The van der Waals surface area contributed by atoms with Gasteiger partial charge >= 0.3 is 6.03 Å². The third-order valence-electron chi connectivity index (χ3n) is 7.45. The maximum Gasteiger partial charge on any atom is 0.322 e. The van der Waals surface area contributed by atoms with Crippen LogP contribution in [0.15, 0.2) is 48.5 Å². The molecule has 3 aliphatic heterocycles. The zero-order valence-corrected chi connectivity index (χ0v) is 21.5. The van der Waals surface area contributed by atoms with E-state index in [1.165, 1.54) is 30.2 Å². The number of hydrogen-bond acceptors (Lipinski definition) is 7. The number of nitrogens with zero attached hydrogens (tertiary/aromatic N) is 3. The lowest BCUT2D eigenvalue weighted by atomic mass is 9.88. The van der Waals surface area contributed by atoms with Crippen molar-refractivity contribution in [2.24, 2.45) is 0 Å². The van der Waals surface area contributed by atoms with Gasteiger partial charge in [-0.3, -0.25) is 14.9 Å². The summed E-state index contributed by atoms with van der Waals surface area (Å²) in [5.74, 6) is -2.27. The summed E-state index contributed by atoms with van der Waals surface area (Å²) < 4.78 is 40.9. The number of amides is 4. The molecule has 4 amide bonds. The highest BCUT2D eigenvalue weighted by Crippen LogP contribution is 2.36. The molecule has 1 aromatic heterocycles. The molecule has 2 fully saturated rings. The van der Waals surface area contributed by atoms with Crippen LogP contribution in [0.25, 0.3) is 11.3 Å². The molecule has 0 unspecified atom stereocenters. The third-order valence-corrected chi connectivity index (χ3v) is 7.45. The van der Waals surface area contributed by atoms with Crippen molar-refractivity contribution in [2.45, 2.75) is 12.1 Å². The zero-order chi connectivity index (χ0) is 28.0. The summed E-state index contributed by atoms with van der Waals surface area (Å²) in [6.45, 7) is 2.16. The predicted molar refractivity (Wildman–Crippen MR) is 139 cm³/mol. The molecular weight excluding hydrogens is 524 g/mol. The number of pyridine rings is 1. The maximum atomic E-state index is 15.6. The molecule has 40 heavy (non-hydrogen) atoms. The van der Waals surface area contributed by atoms with Crippen LogP contribution in [0.2, 0.25) is 0 Å². The van der Waals surface area contributed by atoms with Crippen LogP contribution < -0.4 is 20.3 Å². The van der Waals surface area contributed by atoms with Crippen molar-refractivity contribution in [2.75, 3.05) is 44.9 Å². The molecule has 3 aliphatic rings. The number of rotatable bonds is 6. The largest absolute Gasteiger partial charge is 0.494 e. The fourth-order valence-corrected chi connectivity index (χ4v) is 5.39. The second-order valence-corrected chi connectivity index (χ2v) is 9.77. The van der Waals surface area contributed by atoms with Gasteiger partial charge in [0.2, 0.25) is 0 Å². The number of benzene rings is 2. The van der Waals surface area contributed by atoms with E-state index < -0.39 is 35.0 Å². The quantitative estimate of drug-likeness (QED) is 0.455. The molecule has 6 rings (SSSR count). The van der Waals surface area contributed by atoms with E-state index in [2.05, 4.69) is 20.5 Å². The van der Waals surface area contributed by atoms with Crippen molar-refractivity contribution in [1.29, 1.82) is 0 Å². The SMILES string of the molecule is COc1ccc2c(c1F)C(=O)N(C[C@@]1(c3ccc(-c4cccc(N5CCOCC5)n4)c(F)c3)NC(=O)NC1=O)C2. The van der Waals surface area contributed by atoms with Crippen LogP contribution in [-0.2, 0) is 21.6 Å². The van der Waals surface area contributed by atoms with Crippen LogP contribution in [0.3, 0.4) is 0 Å². The highest BCUT2D eigenvalue weighted by Gasteiger charge is 2.51. The Morgan fingerprint density at radius 3 is 2.58 bits per heavy atom. The van der Waals surface area contributed by atoms with Gasteiger partial charge in [-0.25, -0.2) is 18.6 Å². The minimum Gasteiger partial charge on any atom is -0.494 e. The van der Waals surface area contributed by atoms with Gasteiger partial charge in [0.15, 0.2) is 17.1 Å². The Bertz CT molecular complexity index is 1540. The average molecular weight is 550 g/mol. The van der Waals surface area contributed by atoms with Gasteiger partial charge in [-0.05, 0) is 41.5 Å². The van der Waals surface area contributed by atoms with Gasteiger partial charge in [0.1, 0.15) is 11.6 Å². The molecule has 0 saturated carbocycles. The summed E-state index contributed by atoms with van der Waals surface area (Å²) >= 11 is 0. The van der Waals surface area contributed by atoms with Crippen molar-refractivity contribution in [3.05, 3.63) is 76.9 Å². The lowest BCUT2D eigenvalue weighted by Crippen LogP contribution is -2.52. The molecule has 2 saturated heterocycles. The Kier molecular flexibility index (Phi) is 6.34. The molecule has 206 valence electrons. The lowest BCUT2D eigenvalue weighted by molar-refractivity contribution is -0.124. The molecule has 12 heteroatoms. The van der Waals surface area contributed by atoms with Gasteiger partial charge in [0.25, 0.3) is 11.8 Å². The number of fused-ring (bicyclic) bond motifs is 1. The first-order valence-electron chi connectivity index (χ1n) is 12.7. The summed E-state index contributed by atoms with van der Waals surface area (Å²) in [7, 11) is 1.29. The van der Waals surface area contributed by atoms with Crippen molar-refractivity contribution in [1.82, 2.24) is 20.5 Å². The van der Waals surface area contributed by atoms with E-state index in [0.29, 0.717) is 43.4 Å². The number of urea groups is 1. The summed E-state index contributed by atoms with van der Waals surface area (Å²) in [4.78, 5) is 46.5. The van der Waals surface area contributed by atoms with Crippen molar-refractivity contribution in [3.63, 3.8) is 0 Å². The first kappa shape index (κ1) is 25.7. The fraction of sp³-hybridized carbons (Fsp3) is 0.286. The molecule has 2 aromatic carbocycles. The van der Waals surface area contributed by atoms with Crippen LogP contribution in [-0.4, -0.2) is 67.7 Å². The number of morpholine rings is 1. The van der Waals surface area contributed by atoms with Gasteiger partial charge in [0.05, 0.1) is 38.1 Å². The van der Waals surface area contributed by atoms with Gasteiger partial charge in [-0.2, -0.15) is 0 Å². The number of nitrogens with one attached hydrogen (secondary N) is 2. The standard InChI is InChI=1S/C28H25F2N5O5/c1-39-21-8-5-16-14-35(25(36)23(16)24(21)30)15-28(26(37)32-27(38)33-28)17-6-7-18(19(29)13-17)20-3-2-4-22(31-20)34-9-11-40-12-10-34/h2-8,13H,9-12,14-15H2,1H3,(H2,32,33,37,38)/t28-/m0/s1. The van der Waals surface area contributed by atoms with Crippen molar-refractivity contribution < 1.29 is 32.6 Å². The zero-order valence-electron chi connectivity index (χ0n) is 21.5. The van der Waals surface area contributed by atoms with E-state index >= 15 is 4.39 Å². The van der Waals surface area contributed by atoms with E-state index in [9.17, 15) is 18.8 Å². The van der Waals surface area contributed by atoms with Crippen LogP contribution in [0, 0.1) is 11.6 Å². The number of halogens is 2. The number of carbonyl (C=O) groups excluding carboxylic acids is 3. The van der Waals surface area contributed by atoms with E-state index in [-0.39, 0.29) is 35.5 Å². The summed E-state index contributed by atoms with van der Waals surface area (Å²) in [5, 5.41) is 4.75. The normalized spacial score (nSPS) is 20.4. The van der Waals surface area contributed by atoms with E-state index in [1.54, 1.807) is 18.2 Å². The monoisotopic (exact) mass is 549 g/mol. The molecular formula is C28H25F2N5O5. The van der Waals surface area contributed by atoms with Gasteiger partial charge in [0, 0.05) is 25.2 Å². The average Bonchev–Trinajstić information content (AvgIpc) is 3.44. The number of anilines is 1. The first-order valence-corrected chi connectivity index (χ1v) is 12.7. The molecule has 3 aromatic rings. The summed E-state index contributed by atoms with van der Waals surface area (Å²) in [6.07, 6.45) is 0. The maximum absolute atomic E-state index is 15.6. The number of hydrogen-bond donors (Lipinski definition) is 2. The fourth-order valence-electron chi connectivity index (χ4n) is 5.39. The molecule has 2 N–H and O–H groups in total. The van der Waals surface area contributed by atoms with E-state index in [0.717, 1.165) is 6.07 Å². The lowest BCUT2D eigenvalue weighted by Gasteiger charge is -2.31. The second-order valence-electron chi connectivity index (χ2n) is 9.77. The number of methoxy groups -OCH3 is 1. The number of ether oxygens (including phenoxy) is 2. The van der Waals surface area contributed by atoms with Crippen LogP contribution >= 0.6 is 0 Å². The van der Waals surface area contributed by atoms with Gasteiger partial charge < -0.3 is 24.6 Å². The molecule has 0 spiro atoms. The molecule has 10 nitrogen and oxygen atoms in total. The predicted octanol–water partition coefficient (Wildman–Crippen LogP) is 2.56. The number of aromatic nitrogens is 1. The molecule has 0 bridgehead atoms. The van der Waals surface area contributed by atoms with Crippen molar-refractivity contribution >= 4 is 23.7 Å². The number of imide groups is 1. The Labute approximate surface area is 227 Å². The summed E-state index contributed by atoms with van der Waals surface area (Å²) in [5.41, 5.74) is -0.807. The topological polar surface area (TPSA) is 113 Å². The first-order chi connectivity index (χ1) is 19.3. The molecule has 1 atom stereocenters. The highest BCUT2D eigenvalue weighted by molar-refractivity contribution is 6.08. The molecule has 0 aliphatic carbocycles. The molecule has 4 heterocycles. The second kappa shape index (κ2) is 9.87. The minimum absolute atomic E-state index is 0.00119. The number of carbonyl (C=O) groups is 3. The Morgan fingerprint density at radius 2 is 1.88 bits per heavy atom. The van der Waals surface area contributed by atoms with Gasteiger partial charge in [-0.15, -0.1) is 0 Å². The Hall–Kier alpha value is -4.58. The van der Waals surface area contributed by atoms with Gasteiger partial charge in [-0.1, -0.05) is 18.2 Å². The minimum atomic E-state index is -1.79. The van der Waals surface area contributed by atoms with Crippen LogP contribution in [0.5, 0.6) is 5.75 Å². The van der Waals surface area contributed by atoms with E-state index in [4.69, 9.17) is 9.47 Å². The highest BCUT2D eigenvalue weighted by atomic mass is 19.1. The van der Waals surface area contributed by atoms with Crippen LogP contribution in [0.1, 0.15) is 21.5 Å².